The maximum absolute atomic E-state index is 13.3. The number of aryl methyl sites for hydroxylation is 1. The van der Waals surface area contributed by atoms with Crippen molar-refractivity contribution in [3.05, 3.63) is 95.7 Å². The number of H-pyrrole nitrogens is 1. The Bertz CT molecular complexity index is 1150. The number of carbonyl (C=O) groups is 2. The van der Waals surface area contributed by atoms with Crippen LogP contribution in [0.25, 0.3) is 10.9 Å². The van der Waals surface area contributed by atoms with Crippen LogP contribution in [0.4, 0.5) is 0 Å². The molecular weight excluding hydrogens is 354 g/mol. The van der Waals surface area contributed by atoms with Crippen molar-refractivity contribution in [1.29, 1.82) is 0 Å². The molecule has 4 aromatic rings. The molecule has 0 saturated heterocycles. The number of rotatable bonds is 5. The first kappa shape index (κ1) is 17.6. The van der Waals surface area contributed by atoms with Crippen LogP contribution < -0.4 is 0 Å². The van der Waals surface area contributed by atoms with Gasteiger partial charge in [-0.25, -0.2) is 14.8 Å². The highest BCUT2D eigenvalue weighted by Gasteiger charge is 2.29. The van der Waals surface area contributed by atoms with Crippen LogP contribution in [0.2, 0.25) is 0 Å². The first-order valence-corrected chi connectivity index (χ1v) is 8.79. The third-order valence-electron chi connectivity index (χ3n) is 4.41. The molecule has 0 aliphatic heterocycles. The number of aromatic amines is 1. The number of hydrogen-bond acceptors (Lipinski definition) is 5. The Balaban J connectivity index is 1.72. The molecule has 1 atom stereocenters. The van der Waals surface area contributed by atoms with Gasteiger partial charge in [0, 0.05) is 34.4 Å². The van der Waals surface area contributed by atoms with Gasteiger partial charge < -0.3 is 9.72 Å². The Labute approximate surface area is 161 Å². The standard InChI is InChI=1S/C22H17N3O3/c1-14-23-12-11-19(25-14)22(27)28-21(15-7-3-2-4-8-15)20(26)17-13-24-18-10-6-5-9-16(17)18/h2-13,21,24H,1H3/t21-/m1/s1. The number of nitrogens with one attached hydrogen (secondary N) is 1. The molecule has 4 rings (SSSR count). The topological polar surface area (TPSA) is 84.9 Å². The number of para-hydroxylation sites is 1. The second-order valence-electron chi connectivity index (χ2n) is 6.30. The normalized spacial score (nSPS) is 11.9. The summed E-state index contributed by atoms with van der Waals surface area (Å²) in [7, 11) is 0. The molecule has 0 aliphatic carbocycles. The number of benzene rings is 2. The number of Topliss-reactive ketones (excluding diaryl/α,β-unsaturated/α-hetero) is 1. The van der Waals surface area contributed by atoms with Gasteiger partial charge in [0.2, 0.25) is 5.78 Å². The Morgan fingerprint density at radius 2 is 1.75 bits per heavy atom. The van der Waals surface area contributed by atoms with Gasteiger partial charge in [0.05, 0.1) is 0 Å². The molecule has 0 radical (unpaired) electrons. The first-order chi connectivity index (χ1) is 13.6. The molecule has 0 amide bonds. The van der Waals surface area contributed by atoms with Gasteiger partial charge in [-0.05, 0) is 19.1 Å². The lowest BCUT2D eigenvalue weighted by molar-refractivity contribution is 0.0274. The summed E-state index contributed by atoms with van der Waals surface area (Å²) in [6.07, 6.45) is 2.05. The zero-order chi connectivity index (χ0) is 19.5. The Morgan fingerprint density at radius 3 is 2.54 bits per heavy atom. The summed E-state index contributed by atoms with van der Waals surface area (Å²) >= 11 is 0. The molecule has 6 heteroatoms. The second kappa shape index (κ2) is 7.44. The number of fused-ring (bicyclic) bond motifs is 1. The van der Waals surface area contributed by atoms with Crippen molar-refractivity contribution >= 4 is 22.7 Å². The molecule has 6 nitrogen and oxygen atoms in total. The fourth-order valence-electron chi connectivity index (χ4n) is 3.05. The number of hydrogen-bond donors (Lipinski definition) is 1. The van der Waals surface area contributed by atoms with Crippen molar-refractivity contribution in [2.75, 3.05) is 0 Å². The summed E-state index contributed by atoms with van der Waals surface area (Å²) in [5.74, 6) is -0.524. The summed E-state index contributed by atoms with van der Waals surface area (Å²) in [6.45, 7) is 1.68. The van der Waals surface area contributed by atoms with Gasteiger partial charge in [-0.1, -0.05) is 48.5 Å². The molecule has 0 fully saturated rings. The van der Waals surface area contributed by atoms with Crippen LogP contribution in [0.15, 0.2) is 73.1 Å². The highest BCUT2D eigenvalue weighted by atomic mass is 16.5. The SMILES string of the molecule is Cc1nccc(C(=O)O[C@@H](C(=O)c2c[nH]c3ccccc23)c2ccccc2)n1. The minimum atomic E-state index is -1.08. The fourth-order valence-corrected chi connectivity index (χ4v) is 3.05. The van der Waals surface area contributed by atoms with Gasteiger partial charge in [0.25, 0.3) is 0 Å². The molecule has 28 heavy (non-hydrogen) atoms. The van der Waals surface area contributed by atoms with Gasteiger partial charge in [0.15, 0.2) is 11.8 Å². The molecule has 2 heterocycles. The minimum Gasteiger partial charge on any atom is -0.444 e. The van der Waals surface area contributed by atoms with Crippen molar-refractivity contribution < 1.29 is 14.3 Å². The molecule has 1 N–H and O–H groups in total. The molecular formula is C22H17N3O3. The minimum absolute atomic E-state index is 0.111. The van der Waals surface area contributed by atoms with Crippen LogP contribution in [-0.2, 0) is 4.74 Å². The smallest absolute Gasteiger partial charge is 0.358 e. The molecule has 0 bridgehead atoms. The third-order valence-corrected chi connectivity index (χ3v) is 4.41. The summed E-state index contributed by atoms with van der Waals surface area (Å²) in [5, 5.41) is 0.780. The summed E-state index contributed by atoms with van der Waals surface area (Å²) in [4.78, 5) is 37.1. The van der Waals surface area contributed by atoms with E-state index in [-0.39, 0.29) is 11.5 Å². The van der Waals surface area contributed by atoms with E-state index < -0.39 is 12.1 Å². The largest absolute Gasteiger partial charge is 0.444 e. The van der Waals surface area contributed by atoms with E-state index in [0.29, 0.717) is 17.0 Å². The quantitative estimate of drug-likeness (QED) is 0.423. The Morgan fingerprint density at radius 1 is 1.00 bits per heavy atom. The molecule has 0 saturated carbocycles. The van der Waals surface area contributed by atoms with Crippen LogP contribution in [0.3, 0.4) is 0 Å². The van der Waals surface area contributed by atoms with Crippen LogP contribution in [0.1, 0.15) is 38.3 Å². The van der Waals surface area contributed by atoms with Crippen molar-refractivity contribution in [3.8, 4) is 0 Å². The number of carbonyl (C=O) groups excluding carboxylic acids is 2. The molecule has 2 aromatic heterocycles. The maximum Gasteiger partial charge on any atom is 0.358 e. The predicted octanol–water partition coefficient (Wildman–Crippen LogP) is 4.05. The van der Waals surface area contributed by atoms with Crippen molar-refractivity contribution in [3.63, 3.8) is 0 Å². The monoisotopic (exact) mass is 371 g/mol. The average molecular weight is 371 g/mol. The van der Waals surface area contributed by atoms with E-state index in [1.807, 2.05) is 30.3 Å². The van der Waals surface area contributed by atoms with Crippen molar-refractivity contribution in [2.24, 2.45) is 0 Å². The van der Waals surface area contributed by atoms with Crippen LogP contribution in [0.5, 0.6) is 0 Å². The highest BCUT2D eigenvalue weighted by Crippen LogP contribution is 2.27. The number of ketones is 1. The van der Waals surface area contributed by atoms with E-state index in [1.54, 1.807) is 37.4 Å². The van der Waals surface area contributed by atoms with E-state index in [2.05, 4.69) is 15.0 Å². The molecule has 0 unspecified atom stereocenters. The summed E-state index contributed by atoms with van der Waals surface area (Å²) < 4.78 is 5.62. The average Bonchev–Trinajstić information content (AvgIpc) is 3.16. The van der Waals surface area contributed by atoms with E-state index in [4.69, 9.17) is 4.74 Å². The second-order valence-corrected chi connectivity index (χ2v) is 6.30. The molecule has 0 aliphatic rings. The van der Waals surface area contributed by atoms with E-state index in [9.17, 15) is 9.59 Å². The van der Waals surface area contributed by atoms with Crippen molar-refractivity contribution in [1.82, 2.24) is 15.0 Å². The molecule has 2 aromatic carbocycles. The number of nitrogens with zero attached hydrogens (tertiary/aromatic N) is 2. The Hall–Kier alpha value is -3.80. The lowest BCUT2D eigenvalue weighted by atomic mass is 9.99. The van der Waals surface area contributed by atoms with Crippen LogP contribution >= 0.6 is 0 Å². The zero-order valence-electron chi connectivity index (χ0n) is 15.1. The lowest BCUT2D eigenvalue weighted by Crippen LogP contribution is -2.21. The Kier molecular flexibility index (Phi) is 4.68. The zero-order valence-corrected chi connectivity index (χ0v) is 15.1. The molecule has 138 valence electrons. The number of aromatic nitrogens is 3. The van der Waals surface area contributed by atoms with Gasteiger partial charge in [-0.2, -0.15) is 0 Å². The third kappa shape index (κ3) is 3.40. The maximum atomic E-state index is 13.3. The van der Waals surface area contributed by atoms with Gasteiger partial charge >= 0.3 is 5.97 Å². The van der Waals surface area contributed by atoms with Gasteiger partial charge in [0.1, 0.15) is 5.82 Å². The van der Waals surface area contributed by atoms with Gasteiger partial charge in [-0.3, -0.25) is 4.79 Å². The van der Waals surface area contributed by atoms with E-state index in [1.165, 1.54) is 12.3 Å². The lowest BCUT2D eigenvalue weighted by Gasteiger charge is -2.17. The summed E-state index contributed by atoms with van der Waals surface area (Å²) in [5.41, 5.74) is 2.02. The fraction of sp³-hybridized carbons (Fsp3) is 0.0909. The summed E-state index contributed by atoms with van der Waals surface area (Å²) in [6, 6.07) is 17.9. The van der Waals surface area contributed by atoms with E-state index in [0.717, 1.165) is 10.9 Å². The number of esters is 1. The molecule has 0 spiro atoms. The van der Waals surface area contributed by atoms with E-state index >= 15 is 0 Å². The predicted molar refractivity (Wildman–Crippen MR) is 104 cm³/mol. The first-order valence-electron chi connectivity index (χ1n) is 8.79. The van der Waals surface area contributed by atoms with Gasteiger partial charge in [-0.15, -0.1) is 0 Å². The van der Waals surface area contributed by atoms with Crippen molar-refractivity contribution in [2.45, 2.75) is 13.0 Å². The van der Waals surface area contributed by atoms with Crippen LogP contribution in [-0.4, -0.2) is 26.7 Å². The van der Waals surface area contributed by atoms with Crippen LogP contribution in [0, 0.1) is 6.92 Å². The highest BCUT2D eigenvalue weighted by molar-refractivity contribution is 6.10. The number of ether oxygens (including phenoxy) is 1.